The van der Waals surface area contributed by atoms with E-state index >= 15 is 0 Å². The summed E-state index contributed by atoms with van der Waals surface area (Å²) >= 11 is 0. The van der Waals surface area contributed by atoms with Gasteiger partial charge in [-0.15, -0.1) is 0 Å². The molecule has 2 aromatic rings. The fourth-order valence-electron chi connectivity index (χ4n) is 1.83. The Hall–Kier alpha value is -2.30. The van der Waals surface area contributed by atoms with E-state index in [1.807, 2.05) is 0 Å². The largest absolute Gasteiger partial charge is 0.287 e. The van der Waals surface area contributed by atoms with E-state index in [2.05, 4.69) is 4.98 Å². The Morgan fingerprint density at radius 3 is 2.50 bits per heavy atom. The average Bonchev–Trinajstić information content (AvgIpc) is 2.30. The summed E-state index contributed by atoms with van der Waals surface area (Å²) in [5.41, 5.74) is 2.82. The molecule has 0 atom stereocenters. The van der Waals surface area contributed by atoms with Gasteiger partial charge in [-0.3, -0.25) is 10.1 Å². The third-order valence-corrected chi connectivity index (χ3v) is 2.72. The number of nitro groups is 1. The van der Waals surface area contributed by atoms with Gasteiger partial charge in [-0.25, -0.2) is 9.37 Å². The molecule has 0 aliphatic heterocycles. The second-order valence-corrected chi connectivity index (χ2v) is 4.08. The van der Waals surface area contributed by atoms with Gasteiger partial charge in [0.05, 0.1) is 10.6 Å². The lowest BCUT2D eigenvalue weighted by Crippen LogP contribution is -1.95. The highest BCUT2D eigenvalue weighted by molar-refractivity contribution is 5.67. The molecule has 0 amide bonds. The maximum atomic E-state index is 13.0. The standard InChI is InChI=1S/C13H11FN2O2/c1-8-5-10(14)3-4-12(8)13-9(2)6-11(7-15-13)16(17)18/h3-7H,1-2H3. The lowest BCUT2D eigenvalue weighted by atomic mass is 10.0. The van der Waals surface area contributed by atoms with Crippen molar-refractivity contribution in [3.8, 4) is 11.3 Å². The van der Waals surface area contributed by atoms with Crippen molar-refractivity contribution >= 4 is 5.69 Å². The van der Waals surface area contributed by atoms with Gasteiger partial charge in [0.2, 0.25) is 0 Å². The molecule has 92 valence electrons. The molecule has 1 aromatic heterocycles. The van der Waals surface area contributed by atoms with Gasteiger partial charge in [0.1, 0.15) is 12.0 Å². The summed E-state index contributed by atoms with van der Waals surface area (Å²) in [7, 11) is 0. The van der Waals surface area contributed by atoms with Crippen LogP contribution in [0, 0.1) is 29.8 Å². The lowest BCUT2D eigenvalue weighted by molar-refractivity contribution is -0.385. The molecule has 0 aliphatic carbocycles. The number of aryl methyl sites for hydroxylation is 2. The molecule has 4 nitrogen and oxygen atoms in total. The molecule has 5 heteroatoms. The minimum Gasteiger partial charge on any atom is -0.258 e. The summed E-state index contributed by atoms with van der Waals surface area (Å²) in [5.74, 6) is -0.309. The highest BCUT2D eigenvalue weighted by atomic mass is 19.1. The fourth-order valence-corrected chi connectivity index (χ4v) is 1.83. The van der Waals surface area contributed by atoms with Crippen molar-refractivity contribution < 1.29 is 9.31 Å². The van der Waals surface area contributed by atoms with Crippen LogP contribution in [0.5, 0.6) is 0 Å². The van der Waals surface area contributed by atoms with E-state index in [0.717, 1.165) is 11.1 Å². The fraction of sp³-hybridized carbons (Fsp3) is 0.154. The number of nitrogens with zero attached hydrogens (tertiary/aromatic N) is 2. The molecule has 0 fully saturated rings. The second-order valence-electron chi connectivity index (χ2n) is 4.08. The first-order valence-electron chi connectivity index (χ1n) is 5.36. The number of halogens is 1. The highest BCUT2D eigenvalue weighted by Gasteiger charge is 2.12. The summed E-state index contributed by atoms with van der Waals surface area (Å²) in [6.07, 6.45) is 1.21. The summed E-state index contributed by atoms with van der Waals surface area (Å²) in [5, 5.41) is 10.6. The van der Waals surface area contributed by atoms with Crippen molar-refractivity contribution in [2.45, 2.75) is 13.8 Å². The molecule has 0 spiro atoms. The summed E-state index contributed by atoms with van der Waals surface area (Å²) in [4.78, 5) is 14.2. The van der Waals surface area contributed by atoms with Crippen molar-refractivity contribution in [3.05, 3.63) is 57.5 Å². The third-order valence-electron chi connectivity index (χ3n) is 2.72. The Bertz CT molecular complexity index is 626. The zero-order valence-corrected chi connectivity index (χ0v) is 9.98. The van der Waals surface area contributed by atoms with Gasteiger partial charge >= 0.3 is 0 Å². The quantitative estimate of drug-likeness (QED) is 0.602. The molecule has 1 heterocycles. The zero-order valence-electron chi connectivity index (χ0n) is 9.98. The molecule has 0 bridgehead atoms. The lowest BCUT2D eigenvalue weighted by Gasteiger charge is -2.08. The Kier molecular flexibility index (Phi) is 3.06. The first-order chi connectivity index (χ1) is 8.49. The van der Waals surface area contributed by atoms with E-state index in [4.69, 9.17) is 0 Å². The molecule has 2 rings (SSSR count). The van der Waals surface area contributed by atoms with Crippen molar-refractivity contribution in [3.63, 3.8) is 0 Å². The first-order valence-corrected chi connectivity index (χ1v) is 5.36. The van der Waals surface area contributed by atoms with Gasteiger partial charge < -0.3 is 0 Å². The van der Waals surface area contributed by atoms with Crippen molar-refractivity contribution in [1.29, 1.82) is 0 Å². The van der Waals surface area contributed by atoms with E-state index in [1.54, 1.807) is 19.9 Å². The van der Waals surface area contributed by atoms with E-state index in [0.29, 0.717) is 11.3 Å². The molecule has 0 aliphatic rings. The Morgan fingerprint density at radius 2 is 1.94 bits per heavy atom. The summed E-state index contributed by atoms with van der Waals surface area (Å²) < 4.78 is 13.0. The van der Waals surface area contributed by atoms with E-state index in [1.165, 1.54) is 24.4 Å². The molecule has 1 aromatic carbocycles. The molecule has 18 heavy (non-hydrogen) atoms. The van der Waals surface area contributed by atoms with Crippen LogP contribution in [0.2, 0.25) is 0 Å². The number of aromatic nitrogens is 1. The topological polar surface area (TPSA) is 56.0 Å². The molecule has 0 N–H and O–H groups in total. The number of benzene rings is 1. The van der Waals surface area contributed by atoms with Crippen LogP contribution in [0.1, 0.15) is 11.1 Å². The van der Waals surface area contributed by atoms with Gasteiger partial charge in [0, 0.05) is 11.6 Å². The Balaban J connectivity index is 2.54. The Labute approximate surface area is 103 Å². The third kappa shape index (κ3) is 2.20. The van der Waals surface area contributed by atoms with Crippen molar-refractivity contribution in [1.82, 2.24) is 4.98 Å². The van der Waals surface area contributed by atoms with Crippen LogP contribution in [0.3, 0.4) is 0 Å². The predicted molar refractivity (Wildman–Crippen MR) is 65.8 cm³/mol. The maximum Gasteiger partial charge on any atom is 0.287 e. The van der Waals surface area contributed by atoms with Gasteiger partial charge in [-0.05, 0) is 43.2 Å². The van der Waals surface area contributed by atoms with Crippen LogP contribution < -0.4 is 0 Å². The summed E-state index contributed by atoms with van der Waals surface area (Å²) in [6.45, 7) is 3.53. The SMILES string of the molecule is Cc1cc(F)ccc1-c1ncc([N+](=O)[O-])cc1C. The number of pyridine rings is 1. The molecule has 0 unspecified atom stereocenters. The average molecular weight is 246 g/mol. The highest BCUT2D eigenvalue weighted by Crippen LogP contribution is 2.27. The second kappa shape index (κ2) is 4.52. The van der Waals surface area contributed by atoms with E-state index < -0.39 is 4.92 Å². The number of hydrogen-bond acceptors (Lipinski definition) is 3. The number of hydrogen-bond donors (Lipinski definition) is 0. The number of rotatable bonds is 2. The van der Waals surface area contributed by atoms with Gasteiger partial charge in [-0.2, -0.15) is 0 Å². The van der Waals surface area contributed by atoms with Crippen LogP contribution in [-0.4, -0.2) is 9.91 Å². The minimum atomic E-state index is -0.485. The summed E-state index contributed by atoms with van der Waals surface area (Å²) in [6, 6.07) is 5.86. The predicted octanol–water partition coefficient (Wildman–Crippen LogP) is 3.41. The zero-order chi connectivity index (χ0) is 13.3. The van der Waals surface area contributed by atoms with Crippen LogP contribution in [0.15, 0.2) is 30.5 Å². The van der Waals surface area contributed by atoms with Crippen molar-refractivity contribution in [2.24, 2.45) is 0 Å². The van der Waals surface area contributed by atoms with Crippen LogP contribution in [-0.2, 0) is 0 Å². The van der Waals surface area contributed by atoms with Gasteiger partial charge in [0.15, 0.2) is 0 Å². The van der Waals surface area contributed by atoms with Crippen LogP contribution >= 0.6 is 0 Å². The molecule has 0 saturated carbocycles. The van der Waals surface area contributed by atoms with Crippen molar-refractivity contribution in [2.75, 3.05) is 0 Å². The monoisotopic (exact) mass is 246 g/mol. The molecule has 0 radical (unpaired) electrons. The maximum absolute atomic E-state index is 13.0. The van der Waals surface area contributed by atoms with Gasteiger partial charge in [0.25, 0.3) is 5.69 Å². The van der Waals surface area contributed by atoms with E-state index in [9.17, 15) is 14.5 Å². The molecule has 0 saturated heterocycles. The first kappa shape index (κ1) is 12.2. The minimum absolute atomic E-state index is 0.0454. The van der Waals surface area contributed by atoms with E-state index in [-0.39, 0.29) is 11.5 Å². The normalized spacial score (nSPS) is 10.4. The van der Waals surface area contributed by atoms with Crippen LogP contribution in [0.25, 0.3) is 11.3 Å². The Morgan fingerprint density at radius 1 is 1.22 bits per heavy atom. The van der Waals surface area contributed by atoms with Crippen LogP contribution in [0.4, 0.5) is 10.1 Å². The molecular formula is C13H11FN2O2. The molecular weight excluding hydrogens is 235 g/mol. The van der Waals surface area contributed by atoms with Gasteiger partial charge in [-0.1, -0.05) is 0 Å². The smallest absolute Gasteiger partial charge is 0.258 e.